The molecule has 0 atom stereocenters. The molecule has 0 saturated heterocycles. The van der Waals surface area contributed by atoms with Gasteiger partial charge in [-0.05, 0) is 30.7 Å². The van der Waals surface area contributed by atoms with Crippen LogP contribution >= 0.6 is 27.7 Å². The van der Waals surface area contributed by atoms with Gasteiger partial charge in [-0.2, -0.15) is 4.98 Å². The van der Waals surface area contributed by atoms with E-state index >= 15 is 0 Å². The highest BCUT2D eigenvalue weighted by atomic mass is 79.9. The SMILES string of the molecule is Cc1cc(SCc2cccc(Br)c2)nc(=O)[nH]1. The summed E-state index contributed by atoms with van der Waals surface area (Å²) in [5, 5.41) is 0.756. The van der Waals surface area contributed by atoms with Crippen LogP contribution in [0.15, 0.2) is 44.6 Å². The van der Waals surface area contributed by atoms with Gasteiger partial charge in [0.2, 0.25) is 0 Å². The Hall–Kier alpha value is -1.07. The van der Waals surface area contributed by atoms with E-state index in [0.29, 0.717) is 0 Å². The molecule has 0 fully saturated rings. The maximum Gasteiger partial charge on any atom is 0.346 e. The van der Waals surface area contributed by atoms with E-state index in [9.17, 15) is 4.79 Å². The molecule has 0 aliphatic carbocycles. The summed E-state index contributed by atoms with van der Waals surface area (Å²) in [6.07, 6.45) is 0. The molecule has 0 unspecified atom stereocenters. The van der Waals surface area contributed by atoms with Gasteiger partial charge < -0.3 is 4.98 Å². The Labute approximate surface area is 112 Å². The number of nitrogens with zero attached hydrogens (tertiary/aromatic N) is 1. The predicted molar refractivity (Wildman–Crippen MR) is 73.3 cm³/mol. The molecular formula is C12H11BrN2OS. The first-order valence-corrected chi connectivity index (χ1v) is 6.86. The van der Waals surface area contributed by atoms with E-state index < -0.39 is 0 Å². The molecule has 0 saturated carbocycles. The van der Waals surface area contributed by atoms with Gasteiger partial charge in [-0.25, -0.2) is 4.79 Å². The van der Waals surface area contributed by atoms with Crippen molar-refractivity contribution in [3.05, 3.63) is 56.5 Å². The van der Waals surface area contributed by atoms with Gasteiger partial charge in [-0.3, -0.25) is 0 Å². The van der Waals surface area contributed by atoms with Gasteiger partial charge in [0.25, 0.3) is 0 Å². The minimum atomic E-state index is -0.290. The fourth-order valence-electron chi connectivity index (χ4n) is 1.41. The number of aryl methyl sites for hydroxylation is 1. The molecule has 5 heteroatoms. The molecule has 2 rings (SSSR count). The van der Waals surface area contributed by atoms with E-state index in [0.717, 1.165) is 20.9 Å². The lowest BCUT2D eigenvalue weighted by molar-refractivity contribution is 0.945. The zero-order chi connectivity index (χ0) is 12.3. The molecule has 88 valence electrons. The number of nitrogens with one attached hydrogen (secondary N) is 1. The van der Waals surface area contributed by atoms with Crippen LogP contribution in [0.3, 0.4) is 0 Å². The minimum absolute atomic E-state index is 0.290. The third-order valence-electron chi connectivity index (χ3n) is 2.13. The number of thioether (sulfide) groups is 1. The van der Waals surface area contributed by atoms with E-state index in [1.807, 2.05) is 25.1 Å². The summed E-state index contributed by atoms with van der Waals surface area (Å²) in [4.78, 5) is 17.7. The van der Waals surface area contributed by atoms with Crippen LogP contribution in [0, 0.1) is 6.92 Å². The van der Waals surface area contributed by atoms with Crippen LogP contribution in [-0.4, -0.2) is 9.97 Å². The molecule has 0 bridgehead atoms. The fourth-order valence-corrected chi connectivity index (χ4v) is 2.76. The minimum Gasteiger partial charge on any atom is -0.310 e. The van der Waals surface area contributed by atoms with E-state index in [4.69, 9.17) is 0 Å². The van der Waals surface area contributed by atoms with Gasteiger partial charge >= 0.3 is 5.69 Å². The highest BCUT2D eigenvalue weighted by Crippen LogP contribution is 2.21. The second-order valence-corrected chi connectivity index (χ2v) is 5.54. The van der Waals surface area contributed by atoms with Crippen molar-refractivity contribution in [2.75, 3.05) is 0 Å². The molecule has 0 amide bonds. The first kappa shape index (κ1) is 12.4. The standard InChI is InChI=1S/C12H11BrN2OS/c1-8-5-11(15-12(16)14-8)17-7-9-3-2-4-10(13)6-9/h2-6H,7H2,1H3,(H,14,15,16). The number of aromatic nitrogens is 2. The van der Waals surface area contributed by atoms with Crippen molar-refractivity contribution in [1.82, 2.24) is 9.97 Å². The van der Waals surface area contributed by atoms with E-state index in [1.165, 1.54) is 5.56 Å². The average Bonchev–Trinajstić information content (AvgIpc) is 2.25. The van der Waals surface area contributed by atoms with Crippen LogP contribution in [0.1, 0.15) is 11.3 Å². The number of benzene rings is 1. The number of H-pyrrole nitrogens is 1. The molecule has 1 aromatic carbocycles. The van der Waals surface area contributed by atoms with Gasteiger partial charge in [0.15, 0.2) is 0 Å². The Morgan fingerprint density at radius 2 is 2.24 bits per heavy atom. The lowest BCUT2D eigenvalue weighted by Gasteiger charge is -2.02. The zero-order valence-corrected chi connectivity index (χ0v) is 11.6. The van der Waals surface area contributed by atoms with Crippen molar-refractivity contribution in [2.24, 2.45) is 0 Å². The molecule has 0 aliphatic rings. The van der Waals surface area contributed by atoms with Gasteiger partial charge in [0.1, 0.15) is 5.03 Å². The number of hydrogen-bond donors (Lipinski definition) is 1. The topological polar surface area (TPSA) is 45.8 Å². The second-order valence-electron chi connectivity index (χ2n) is 3.63. The number of hydrogen-bond acceptors (Lipinski definition) is 3. The summed E-state index contributed by atoms with van der Waals surface area (Å²) < 4.78 is 1.06. The molecule has 1 aromatic heterocycles. The normalized spacial score (nSPS) is 10.5. The highest BCUT2D eigenvalue weighted by molar-refractivity contribution is 9.10. The van der Waals surface area contributed by atoms with E-state index in [2.05, 4.69) is 38.0 Å². The van der Waals surface area contributed by atoms with Crippen molar-refractivity contribution in [3.63, 3.8) is 0 Å². The smallest absolute Gasteiger partial charge is 0.310 e. The summed E-state index contributed by atoms with van der Waals surface area (Å²) in [7, 11) is 0. The van der Waals surface area contributed by atoms with Crippen molar-refractivity contribution in [2.45, 2.75) is 17.7 Å². The van der Waals surface area contributed by atoms with Crippen molar-refractivity contribution >= 4 is 27.7 Å². The molecule has 0 aliphatic heterocycles. The summed E-state index contributed by atoms with van der Waals surface area (Å²) in [5.74, 6) is 0.801. The molecule has 0 radical (unpaired) electrons. The summed E-state index contributed by atoms with van der Waals surface area (Å²) in [6.45, 7) is 1.85. The predicted octanol–water partition coefficient (Wildman–Crippen LogP) is 3.13. The van der Waals surface area contributed by atoms with Gasteiger partial charge in [-0.15, -0.1) is 11.8 Å². The fraction of sp³-hybridized carbons (Fsp3) is 0.167. The maximum atomic E-state index is 11.2. The van der Waals surface area contributed by atoms with Crippen LogP contribution in [0.4, 0.5) is 0 Å². The largest absolute Gasteiger partial charge is 0.346 e. The molecule has 0 spiro atoms. The van der Waals surface area contributed by atoms with Crippen LogP contribution in [0.2, 0.25) is 0 Å². The number of halogens is 1. The third-order valence-corrected chi connectivity index (χ3v) is 3.61. The molecule has 3 nitrogen and oxygen atoms in total. The second kappa shape index (κ2) is 5.51. The van der Waals surface area contributed by atoms with Crippen LogP contribution in [0.5, 0.6) is 0 Å². The molecule has 2 aromatic rings. The zero-order valence-electron chi connectivity index (χ0n) is 9.24. The first-order valence-electron chi connectivity index (χ1n) is 5.09. The number of rotatable bonds is 3. The lowest BCUT2D eigenvalue weighted by atomic mass is 10.2. The van der Waals surface area contributed by atoms with Crippen LogP contribution in [-0.2, 0) is 5.75 Å². The monoisotopic (exact) mass is 310 g/mol. The number of aromatic amines is 1. The third kappa shape index (κ3) is 3.71. The first-order chi connectivity index (χ1) is 8.13. The van der Waals surface area contributed by atoms with Gasteiger partial charge in [0, 0.05) is 15.9 Å². The Bertz CT molecular complexity index is 583. The van der Waals surface area contributed by atoms with Crippen LogP contribution in [0.25, 0.3) is 0 Å². The van der Waals surface area contributed by atoms with Gasteiger partial charge in [-0.1, -0.05) is 28.1 Å². The Morgan fingerprint density at radius 3 is 2.94 bits per heavy atom. The van der Waals surface area contributed by atoms with Crippen molar-refractivity contribution < 1.29 is 0 Å². The highest BCUT2D eigenvalue weighted by Gasteiger charge is 2.00. The molecule has 1 N–H and O–H groups in total. The maximum absolute atomic E-state index is 11.2. The van der Waals surface area contributed by atoms with Crippen molar-refractivity contribution in [3.8, 4) is 0 Å². The molecule has 1 heterocycles. The average molecular weight is 311 g/mol. The summed E-state index contributed by atoms with van der Waals surface area (Å²) in [5.41, 5.74) is 1.74. The summed E-state index contributed by atoms with van der Waals surface area (Å²) in [6, 6.07) is 9.98. The summed E-state index contributed by atoms with van der Waals surface area (Å²) >= 11 is 4.99. The Balaban J connectivity index is 2.09. The van der Waals surface area contributed by atoms with Crippen LogP contribution < -0.4 is 5.69 Å². The quantitative estimate of drug-likeness (QED) is 0.700. The van der Waals surface area contributed by atoms with E-state index in [1.54, 1.807) is 11.8 Å². The molecular weight excluding hydrogens is 300 g/mol. The Morgan fingerprint density at radius 1 is 1.41 bits per heavy atom. The van der Waals surface area contributed by atoms with Crippen molar-refractivity contribution in [1.29, 1.82) is 0 Å². The molecule has 17 heavy (non-hydrogen) atoms. The van der Waals surface area contributed by atoms with Gasteiger partial charge in [0.05, 0.1) is 0 Å². The Kier molecular flexibility index (Phi) is 4.02. The van der Waals surface area contributed by atoms with E-state index in [-0.39, 0.29) is 5.69 Å². The lowest BCUT2D eigenvalue weighted by Crippen LogP contribution is -2.11.